The molecule has 0 aromatic carbocycles. The van der Waals surface area contributed by atoms with Crippen LogP contribution in [0.1, 0.15) is 18.2 Å². The minimum Gasteiger partial charge on any atom is -0.383 e. The molecular formula is C11H19N7O. The van der Waals surface area contributed by atoms with Crippen LogP contribution in [0, 0.1) is 6.92 Å². The molecule has 2 aromatic rings. The standard InChI is InChI=1S/C11H19N7O/c1-4-8-7(2)9(16-12)18-11(14-8)15-10(17-18)13-5-6-19-3/h16H,4-6,12H2,1-3H3,(H,13,17). The molecule has 0 fully saturated rings. The van der Waals surface area contributed by atoms with Gasteiger partial charge in [0.2, 0.25) is 5.95 Å². The van der Waals surface area contributed by atoms with E-state index >= 15 is 0 Å². The number of methoxy groups -OCH3 is 1. The van der Waals surface area contributed by atoms with E-state index in [-0.39, 0.29) is 0 Å². The third kappa shape index (κ3) is 2.59. The van der Waals surface area contributed by atoms with E-state index in [0.29, 0.717) is 30.7 Å². The summed E-state index contributed by atoms with van der Waals surface area (Å²) in [6, 6.07) is 0. The highest BCUT2D eigenvalue weighted by Crippen LogP contribution is 2.19. The van der Waals surface area contributed by atoms with Gasteiger partial charge in [0.25, 0.3) is 5.78 Å². The van der Waals surface area contributed by atoms with Crippen LogP contribution in [0.15, 0.2) is 0 Å². The van der Waals surface area contributed by atoms with Crippen molar-refractivity contribution in [1.82, 2.24) is 19.6 Å². The van der Waals surface area contributed by atoms with Gasteiger partial charge in [-0.2, -0.15) is 9.50 Å². The minimum atomic E-state index is 0.508. The van der Waals surface area contributed by atoms with E-state index in [1.165, 1.54) is 0 Å². The van der Waals surface area contributed by atoms with Crippen molar-refractivity contribution in [2.24, 2.45) is 5.84 Å². The van der Waals surface area contributed by atoms with Gasteiger partial charge in [-0.3, -0.25) is 0 Å². The quantitative estimate of drug-likeness (QED) is 0.393. The molecule has 2 heterocycles. The third-order valence-corrected chi connectivity index (χ3v) is 2.89. The first-order valence-corrected chi connectivity index (χ1v) is 6.17. The highest BCUT2D eigenvalue weighted by atomic mass is 16.5. The summed E-state index contributed by atoms with van der Waals surface area (Å²) in [6.45, 7) is 5.23. The minimum absolute atomic E-state index is 0.508. The lowest BCUT2D eigenvalue weighted by atomic mass is 10.2. The summed E-state index contributed by atoms with van der Waals surface area (Å²) in [6.07, 6.45) is 0.816. The number of nitrogen functional groups attached to an aromatic ring is 1. The highest BCUT2D eigenvalue weighted by molar-refractivity contribution is 5.53. The Hall–Kier alpha value is -1.93. The monoisotopic (exact) mass is 265 g/mol. The number of nitrogens with two attached hydrogens (primary N) is 1. The first kappa shape index (κ1) is 13.5. The number of hydrazine groups is 1. The average molecular weight is 265 g/mol. The Morgan fingerprint density at radius 2 is 2.16 bits per heavy atom. The molecule has 0 amide bonds. The number of hydrogen-bond acceptors (Lipinski definition) is 7. The van der Waals surface area contributed by atoms with E-state index in [0.717, 1.165) is 17.7 Å². The molecule has 0 aliphatic heterocycles. The molecule has 0 aliphatic carbocycles. The van der Waals surface area contributed by atoms with Gasteiger partial charge in [0.15, 0.2) is 0 Å². The molecule has 8 nitrogen and oxygen atoms in total. The number of rotatable bonds is 6. The Bertz CT molecular complexity index is 566. The first-order chi connectivity index (χ1) is 9.21. The maximum Gasteiger partial charge on any atom is 0.256 e. The smallest absolute Gasteiger partial charge is 0.256 e. The van der Waals surface area contributed by atoms with Gasteiger partial charge in [0.05, 0.1) is 12.3 Å². The fourth-order valence-electron chi connectivity index (χ4n) is 1.88. The van der Waals surface area contributed by atoms with Crippen LogP contribution in [0.25, 0.3) is 5.78 Å². The van der Waals surface area contributed by atoms with Crippen LogP contribution in [0.2, 0.25) is 0 Å². The number of fused-ring (bicyclic) bond motifs is 1. The zero-order valence-electron chi connectivity index (χ0n) is 11.4. The number of nitrogens with zero attached hydrogens (tertiary/aromatic N) is 4. The molecule has 8 heteroatoms. The number of anilines is 2. The van der Waals surface area contributed by atoms with E-state index in [1.807, 2.05) is 13.8 Å². The zero-order valence-corrected chi connectivity index (χ0v) is 11.4. The van der Waals surface area contributed by atoms with Crippen molar-refractivity contribution < 1.29 is 4.74 Å². The Kier molecular flexibility index (Phi) is 4.13. The largest absolute Gasteiger partial charge is 0.383 e. The van der Waals surface area contributed by atoms with Crippen molar-refractivity contribution >= 4 is 17.5 Å². The summed E-state index contributed by atoms with van der Waals surface area (Å²) in [4.78, 5) is 8.79. The fourth-order valence-corrected chi connectivity index (χ4v) is 1.88. The molecule has 0 bridgehead atoms. The molecule has 0 spiro atoms. The first-order valence-electron chi connectivity index (χ1n) is 6.17. The lowest BCUT2D eigenvalue weighted by Gasteiger charge is -2.09. The SMILES string of the molecule is CCc1nc2nc(NCCOC)nn2c(NN)c1C. The molecule has 2 rings (SSSR count). The molecule has 4 N–H and O–H groups in total. The predicted octanol–water partition coefficient (Wildman–Crippen LogP) is 0.339. The average Bonchev–Trinajstić information content (AvgIpc) is 2.81. The third-order valence-electron chi connectivity index (χ3n) is 2.89. The van der Waals surface area contributed by atoms with Gasteiger partial charge in [0, 0.05) is 19.2 Å². The maximum absolute atomic E-state index is 5.56. The number of aryl methyl sites for hydroxylation is 1. The Balaban J connectivity index is 2.40. The number of ether oxygens (including phenoxy) is 1. The van der Waals surface area contributed by atoms with E-state index in [2.05, 4.69) is 25.8 Å². The van der Waals surface area contributed by atoms with E-state index in [4.69, 9.17) is 10.6 Å². The van der Waals surface area contributed by atoms with Gasteiger partial charge >= 0.3 is 0 Å². The lowest BCUT2D eigenvalue weighted by molar-refractivity contribution is 0.210. The van der Waals surface area contributed by atoms with Gasteiger partial charge in [-0.1, -0.05) is 6.92 Å². The van der Waals surface area contributed by atoms with Crippen LogP contribution in [0.4, 0.5) is 11.8 Å². The van der Waals surface area contributed by atoms with Crippen LogP contribution >= 0.6 is 0 Å². The van der Waals surface area contributed by atoms with Crippen molar-refractivity contribution in [3.8, 4) is 0 Å². The molecule has 0 aliphatic rings. The van der Waals surface area contributed by atoms with Crippen LogP contribution in [-0.2, 0) is 11.2 Å². The van der Waals surface area contributed by atoms with Crippen LogP contribution in [0.5, 0.6) is 0 Å². The fraction of sp³-hybridized carbons (Fsp3) is 0.545. The molecule has 0 atom stereocenters. The Labute approximate surface area is 111 Å². The van der Waals surface area contributed by atoms with E-state index in [1.54, 1.807) is 11.6 Å². The van der Waals surface area contributed by atoms with Crippen LogP contribution in [-0.4, -0.2) is 39.8 Å². The van der Waals surface area contributed by atoms with E-state index < -0.39 is 0 Å². The number of nitrogens with one attached hydrogen (secondary N) is 2. The molecule has 0 saturated carbocycles. The van der Waals surface area contributed by atoms with Crippen molar-refractivity contribution in [3.05, 3.63) is 11.3 Å². The second-order valence-corrected chi connectivity index (χ2v) is 4.10. The van der Waals surface area contributed by atoms with Gasteiger partial charge in [-0.15, -0.1) is 5.10 Å². The van der Waals surface area contributed by atoms with Crippen molar-refractivity contribution in [2.45, 2.75) is 20.3 Å². The topological polar surface area (TPSA) is 102 Å². The maximum atomic E-state index is 5.56. The summed E-state index contributed by atoms with van der Waals surface area (Å²) in [7, 11) is 1.65. The Morgan fingerprint density at radius 3 is 2.79 bits per heavy atom. The van der Waals surface area contributed by atoms with E-state index in [9.17, 15) is 0 Å². The predicted molar refractivity (Wildman–Crippen MR) is 73.1 cm³/mol. The number of aromatic nitrogens is 4. The second kappa shape index (κ2) is 5.81. The summed E-state index contributed by atoms with van der Waals surface area (Å²) in [5.74, 6) is 7.30. The normalized spacial score (nSPS) is 10.9. The summed E-state index contributed by atoms with van der Waals surface area (Å²) in [5.41, 5.74) is 4.59. The van der Waals surface area contributed by atoms with Gasteiger partial charge in [-0.25, -0.2) is 10.8 Å². The molecule has 19 heavy (non-hydrogen) atoms. The van der Waals surface area contributed by atoms with Crippen LogP contribution in [0.3, 0.4) is 0 Å². The zero-order chi connectivity index (χ0) is 13.8. The molecule has 0 unspecified atom stereocenters. The molecule has 0 saturated heterocycles. The molecule has 104 valence electrons. The number of hydrogen-bond donors (Lipinski definition) is 3. The van der Waals surface area contributed by atoms with Gasteiger partial charge in [-0.05, 0) is 13.3 Å². The lowest BCUT2D eigenvalue weighted by Crippen LogP contribution is -2.15. The van der Waals surface area contributed by atoms with Crippen molar-refractivity contribution in [3.63, 3.8) is 0 Å². The highest BCUT2D eigenvalue weighted by Gasteiger charge is 2.13. The van der Waals surface area contributed by atoms with Gasteiger partial charge in [0.1, 0.15) is 5.82 Å². The molecular weight excluding hydrogens is 246 g/mol. The molecule has 0 radical (unpaired) electrons. The second-order valence-electron chi connectivity index (χ2n) is 4.10. The summed E-state index contributed by atoms with van der Waals surface area (Å²) in [5, 5.41) is 7.39. The summed E-state index contributed by atoms with van der Waals surface area (Å²) >= 11 is 0. The van der Waals surface area contributed by atoms with Crippen molar-refractivity contribution in [2.75, 3.05) is 31.0 Å². The Morgan fingerprint density at radius 1 is 1.37 bits per heavy atom. The summed E-state index contributed by atoms with van der Waals surface area (Å²) < 4.78 is 6.57. The van der Waals surface area contributed by atoms with Crippen molar-refractivity contribution in [1.29, 1.82) is 0 Å². The van der Waals surface area contributed by atoms with Crippen LogP contribution < -0.4 is 16.6 Å². The molecule has 2 aromatic heterocycles. The van der Waals surface area contributed by atoms with Gasteiger partial charge < -0.3 is 15.5 Å².